The van der Waals surface area contributed by atoms with Crippen LogP contribution in [0.15, 0.2) is 6.33 Å². The number of aryl methyl sites for hydroxylation is 1. The second-order valence-electron chi connectivity index (χ2n) is 9.12. The van der Waals surface area contributed by atoms with Crippen molar-refractivity contribution in [1.29, 1.82) is 0 Å². The Hall–Kier alpha value is -1.24. The molecule has 0 bridgehead atoms. The largest absolute Gasteiger partial charge is 0.474 e. The lowest BCUT2D eigenvalue weighted by Gasteiger charge is -2.44. The van der Waals surface area contributed by atoms with Gasteiger partial charge in [0, 0.05) is 10.4 Å². The Kier molecular flexibility index (Phi) is 6.14. The topological polar surface area (TPSA) is 58.5 Å². The van der Waals surface area contributed by atoms with Crippen molar-refractivity contribution in [3.8, 4) is 5.88 Å². The highest BCUT2D eigenvalue weighted by molar-refractivity contribution is 7.19. The molecule has 0 saturated heterocycles. The van der Waals surface area contributed by atoms with Crippen LogP contribution in [0, 0.1) is 0 Å². The predicted molar refractivity (Wildman–Crippen MR) is 119 cm³/mol. The molecule has 2 aliphatic carbocycles. The van der Waals surface area contributed by atoms with Crippen LogP contribution in [0.4, 0.5) is 0 Å². The molecular weight excluding hydrogens is 382 g/mol. The van der Waals surface area contributed by atoms with E-state index >= 15 is 0 Å². The van der Waals surface area contributed by atoms with Gasteiger partial charge in [0.1, 0.15) is 17.3 Å². The highest BCUT2D eigenvalue weighted by atomic mass is 32.1. The van der Waals surface area contributed by atoms with Crippen LogP contribution in [0.25, 0.3) is 10.2 Å². The molecule has 2 aromatic rings. The van der Waals surface area contributed by atoms with E-state index < -0.39 is 0 Å². The molecule has 5 nitrogen and oxygen atoms in total. The molecule has 0 amide bonds. The summed E-state index contributed by atoms with van der Waals surface area (Å²) in [6.45, 7) is 4.35. The molecule has 29 heavy (non-hydrogen) atoms. The van der Waals surface area contributed by atoms with Gasteiger partial charge >= 0.3 is 0 Å². The summed E-state index contributed by atoms with van der Waals surface area (Å²) in [7, 11) is 4.41. The molecule has 2 aliphatic rings. The van der Waals surface area contributed by atoms with Crippen molar-refractivity contribution in [1.82, 2.24) is 14.9 Å². The molecule has 1 saturated carbocycles. The maximum Gasteiger partial charge on any atom is 0.225 e. The normalized spacial score (nSPS) is 28.1. The van der Waals surface area contributed by atoms with Crippen molar-refractivity contribution in [3.05, 3.63) is 16.8 Å². The van der Waals surface area contributed by atoms with E-state index in [1.54, 1.807) is 17.7 Å². The fourth-order valence-electron chi connectivity index (χ4n) is 5.38. The molecule has 1 N–H and O–H groups in total. The number of aliphatic hydroxyl groups excluding tert-OH is 1. The van der Waals surface area contributed by atoms with E-state index in [9.17, 15) is 5.11 Å². The van der Waals surface area contributed by atoms with Crippen molar-refractivity contribution in [3.63, 3.8) is 0 Å². The summed E-state index contributed by atoms with van der Waals surface area (Å²) in [4.78, 5) is 14.0. The van der Waals surface area contributed by atoms with Gasteiger partial charge in [-0.1, -0.05) is 13.8 Å². The zero-order valence-corrected chi connectivity index (χ0v) is 19.1. The van der Waals surface area contributed by atoms with Crippen LogP contribution in [0.1, 0.15) is 81.6 Å². The Morgan fingerprint density at radius 1 is 1.24 bits per heavy atom. The van der Waals surface area contributed by atoms with Gasteiger partial charge in [0.05, 0.1) is 11.5 Å². The number of aromatic nitrogens is 2. The van der Waals surface area contributed by atoms with Crippen LogP contribution in [-0.4, -0.2) is 51.8 Å². The molecule has 0 spiro atoms. The van der Waals surface area contributed by atoms with E-state index in [0.717, 1.165) is 54.6 Å². The Morgan fingerprint density at radius 2 is 2.00 bits per heavy atom. The number of ether oxygens (including phenoxy) is 1. The van der Waals surface area contributed by atoms with Crippen molar-refractivity contribution in [2.24, 2.45) is 0 Å². The second kappa shape index (κ2) is 8.48. The molecule has 0 radical (unpaired) electrons. The molecule has 0 aliphatic heterocycles. The van der Waals surface area contributed by atoms with Crippen LogP contribution >= 0.6 is 11.3 Å². The van der Waals surface area contributed by atoms with Gasteiger partial charge in [-0.3, -0.25) is 0 Å². The third kappa shape index (κ3) is 3.91. The molecule has 2 aromatic heterocycles. The minimum absolute atomic E-state index is 0.226. The molecular formula is C23H35N3O2S. The molecule has 2 atom stereocenters. The van der Waals surface area contributed by atoms with Crippen molar-refractivity contribution in [2.45, 2.75) is 95.3 Å². The predicted octanol–water partition coefficient (Wildman–Crippen LogP) is 4.91. The van der Waals surface area contributed by atoms with Crippen LogP contribution in [-0.2, 0) is 6.42 Å². The van der Waals surface area contributed by atoms with E-state index in [2.05, 4.69) is 42.8 Å². The highest BCUT2D eigenvalue weighted by Gasteiger charge is 2.37. The minimum atomic E-state index is -0.235. The second-order valence-corrected chi connectivity index (χ2v) is 10.2. The Bertz CT molecular complexity index is 842. The lowest BCUT2D eigenvalue weighted by molar-refractivity contribution is 0.0402. The number of aliphatic hydroxyl groups is 1. The van der Waals surface area contributed by atoms with Gasteiger partial charge < -0.3 is 14.7 Å². The lowest BCUT2D eigenvalue weighted by atomic mass is 9.77. The summed E-state index contributed by atoms with van der Waals surface area (Å²) in [6.07, 6.45) is 11.1. The van der Waals surface area contributed by atoms with E-state index in [1.807, 2.05) is 0 Å². The first kappa shape index (κ1) is 21.0. The van der Waals surface area contributed by atoms with Crippen LogP contribution < -0.4 is 4.74 Å². The fraction of sp³-hybridized carbons (Fsp3) is 0.739. The summed E-state index contributed by atoms with van der Waals surface area (Å²) in [5.41, 5.74) is 1.67. The SMILES string of the molecule is CC[C@@H](O)C[C@H]1CCc2sc3ncnc(O[C@H]4CC[C@](CC)(N(C)C)CC4)c3c21. The molecule has 0 aromatic carbocycles. The maximum atomic E-state index is 10.2. The van der Waals surface area contributed by atoms with Gasteiger partial charge in [0.25, 0.3) is 0 Å². The summed E-state index contributed by atoms with van der Waals surface area (Å²) < 4.78 is 6.52. The maximum absolute atomic E-state index is 10.2. The lowest BCUT2D eigenvalue weighted by Crippen LogP contribution is -2.48. The Balaban J connectivity index is 1.56. The summed E-state index contributed by atoms with van der Waals surface area (Å²) >= 11 is 1.79. The van der Waals surface area contributed by atoms with Gasteiger partial charge in [0.2, 0.25) is 5.88 Å². The molecule has 160 valence electrons. The molecule has 0 unspecified atom stereocenters. The van der Waals surface area contributed by atoms with Crippen molar-refractivity contribution >= 4 is 21.6 Å². The van der Waals surface area contributed by atoms with E-state index in [-0.39, 0.29) is 12.2 Å². The highest BCUT2D eigenvalue weighted by Crippen LogP contribution is 2.48. The van der Waals surface area contributed by atoms with E-state index in [0.29, 0.717) is 11.5 Å². The standard InChI is InChI=1S/C23H35N3O2S/c1-5-16(27)13-15-7-8-18-19(15)20-21(24-14-25-22(20)29-18)28-17-9-11-23(6-2,12-10-17)26(3)4/h14-17,27H,5-13H2,1-4H3/t15-,16-,17-,23-/m1/s1. The number of hydrogen-bond acceptors (Lipinski definition) is 6. The Labute approximate surface area is 178 Å². The summed E-state index contributed by atoms with van der Waals surface area (Å²) in [5, 5.41) is 11.4. The van der Waals surface area contributed by atoms with E-state index in [4.69, 9.17) is 4.74 Å². The molecule has 2 heterocycles. The fourth-order valence-corrected chi connectivity index (χ4v) is 6.61. The van der Waals surface area contributed by atoms with Crippen LogP contribution in [0.3, 0.4) is 0 Å². The molecule has 4 rings (SSSR count). The van der Waals surface area contributed by atoms with Crippen LogP contribution in [0.5, 0.6) is 5.88 Å². The number of nitrogens with zero attached hydrogens (tertiary/aromatic N) is 3. The average Bonchev–Trinajstić information content (AvgIpc) is 3.28. The quantitative estimate of drug-likeness (QED) is 0.693. The first-order valence-electron chi connectivity index (χ1n) is 11.3. The molecule has 1 fully saturated rings. The minimum Gasteiger partial charge on any atom is -0.474 e. The smallest absolute Gasteiger partial charge is 0.225 e. The summed E-state index contributed by atoms with van der Waals surface area (Å²) in [6, 6.07) is 0. The third-order valence-corrected chi connectivity index (χ3v) is 8.65. The zero-order valence-electron chi connectivity index (χ0n) is 18.3. The van der Waals surface area contributed by atoms with Gasteiger partial charge in [-0.05, 0) is 83.4 Å². The zero-order chi connectivity index (χ0) is 20.6. The van der Waals surface area contributed by atoms with Crippen molar-refractivity contribution in [2.75, 3.05) is 14.1 Å². The average molecular weight is 418 g/mol. The Morgan fingerprint density at radius 3 is 2.66 bits per heavy atom. The number of thiophene rings is 1. The first-order valence-corrected chi connectivity index (χ1v) is 12.1. The van der Waals surface area contributed by atoms with Gasteiger partial charge in [-0.2, -0.15) is 0 Å². The van der Waals surface area contributed by atoms with Gasteiger partial charge in [-0.25, -0.2) is 9.97 Å². The van der Waals surface area contributed by atoms with Crippen molar-refractivity contribution < 1.29 is 9.84 Å². The number of rotatable bonds is 7. The van der Waals surface area contributed by atoms with E-state index in [1.165, 1.54) is 29.7 Å². The number of hydrogen-bond donors (Lipinski definition) is 1. The monoisotopic (exact) mass is 417 g/mol. The van der Waals surface area contributed by atoms with Gasteiger partial charge in [0.15, 0.2) is 0 Å². The third-order valence-electron chi connectivity index (χ3n) is 7.47. The first-order chi connectivity index (χ1) is 14.0. The van der Waals surface area contributed by atoms with Gasteiger partial charge in [-0.15, -0.1) is 11.3 Å². The number of fused-ring (bicyclic) bond motifs is 3. The summed E-state index contributed by atoms with van der Waals surface area (Å²) in [5.74, 6) is 1.17. The molecule has 6 heteroatoms. The van der Waals surface area contributed by atoms with Crippen LogP contribution in [0.2, 0.25) is 0 Å².